The van der Waals surface area contributed by atoms with E-state index in [9.17, 15) is 19.1 Å². The zero-order valence-corrected chi connectivity index (χ0v) is 27.3. The SMILES string of the molecule is CC(C)c1cc(F)c(Cl)c([C@@H](C(=O)O)C2CCN(CC(F)CCCc3ccc4c(n3)N(C(=O)OC(C)(C)C)CCC4)CC2)c1. The van der Waals surface area contributed by atoms with Crippen LogP contribution >= 0.6 is 11.6 Å². The maximum atomic E-state index is 15.1. The Kier molecular flexibility index (Phi) is 11.3. The number of hydrogen-bond donors (Lipinski definition) is 1. The molecule has 2 aliphatic rings. The number of halogens is 3. The number of pyridine rings is 1. The number of aromatic nitrogens is 1. The monoisotopic (exact) mass is 633 g/mol. The van der Waals surface area contributed by atoms with Crippen LogP contribution in [0.3, 0.4) is 0 Å². The molecule has 2 aromatic rings. The predicted molar refractivity (Wildman–Crippen MR) is 169 cm³/mol. The highest BCUT2D eigenvalue weighted by Crippen LogP contribution is 2.39. The number of nitrogens with zero attached hydrogens (tertiary/aromatic N) is 3. The summed E-state index contributed by atoms with van der Waals surface area (Å²) < 4.78 is 35.2. The molecule has 0 radical (unpaired) electrons. The lowest BCUT2D eigenvalue weighted by atomic mass is 9.79. The Morgan fingerprint density at radius 1 is 1.16 bits per heavy atom. The van der Waals surface area contributed by atoms with Crippen molar-refractivity contribution in [2.24, 2.45) is 5.92 Å². The van der Waals surface area contributed by atoms with Crippen molar-refractivity contribution < 1.29 is 28.2 Å². The zero-order valence-electron chi connectivity index (χ0n) is 26.5. The Morgan fingerprint density at radius 2 is 1.86 bits per heavy atom. The van der Waals surface area contributed by atoms with Gasteiger partial charge in [0.2, 0.25) is 0 Å². The summed E-state index contributed by atoms with van der Waals surface area (Å²) in [5.74, 6) is -2.05. The van der Waals surface area contributed by atoms with E-state index in [1.165, 1.54) is 6.07 Å². The van der Waals surface area contributed by atoms with Crippen LogP contribution in [-0.4, -0.2) is 65.0 Å². The second-order valence-electron chi connectivity index (χ2n) is 13.5. The van der Waals surface area contributed by atoms with E-state index in [0.29, 0.717) is 63.1 Å². The van der Waals surface area contributed by atoms with E-state index in [2.05, 4.69) is 0 Å². The number of carboxylic acid groups (broad SMARTS) is 1. The number of carboxylic acids is 1. The van der Waals surface area contributed by atoms with E-state index in [-0.39, 0.29) is 23.4 Å². The number of carbonyl (C=O) groups is 2. The van der Waals surface area contributed by atoms with E-state index < -0.39 is 35.6 Å². The van der Waals surface area contributed by atoms with Gasteiger partial charge in [-0.05, 0) is 119 Å². The Morgan fingerprint density at radius 3 is 2.50 bits per heavy atom. The molecule has 1 N–H and O–H groups in total. The van der Waals surface area contributed by atoms with Gasteiger partial charge in [0.05, 0.1) is 10.9 Å². The number of likely N-dealkylation sites (tertiary alicyclic amines) is 1. The summed E-state index contributed by atoms with van der Waals surface area (Å²) in [6, 6.07) is 7.07. The molecule has 7 nitrogen and oxygen atoms in total. The molecule has 2 aliphatic heterocycles. The average molecular weight is 634 g/mol. The summed E-state index contributed by atoms with van der Waals surface area (Å²) in [5.41, 5.74) is 2.29. The van der Waals surface area contributed by atoms with Gasteiger partial charge in [0, 0.05) is 18.8 Å². The minimum atomic E-state index is -1.02. The molecule has 0 bridgehead atoms. The minimum Gasteiger partial charge on any atom is -0.481 e. The second-order valence-corrected chi connectivity index (χ2v) is 13.9. The number of carbonyl (C=O) groups excluding carboxylic acids is 1. The first-order chi connectivity index (χ1) is 20.7. The van der Waals surface area contributed by atoms with Crippen LogP contribution in [-0.2, 0) is 22.4 Å². The summed E-state index contributed by atoms with van der Waals surface area (Å²) in [7, 11) is 0. The lowest BCUT2D eigenvalue weighted by Crippen LogP contribution is -2.40. The van der Waals surface area contributed by atoms with E-state index in [0.717, 1.165) is 29.7 Å². The molecule has 1 saturated heterocycles. The average Bonchev–Trinajstić information content (AvgIpc) is 2.94. The molecule has 4 rings (SSSR count). The fourth-order valence-electron chi connectivity index (χ4n) is 6.24. The van der Waals surface area contributed by atoms with Crippen molar-refractivity contribution in [1.82, 2.24) is 9.88 Å². The molecule has 1 aromatic carbocycles. The largest absolute Gasteiger partial charge is 0.481 e. The fourth-order valence-corrected chi connectivity index (χ4v) is 6.46. The standard InChI is InChI=1S/C34H46ClF2N3O4/c1-21(2)24-18-27(30(35)28(37)19-24)29(32(41)42)22-13-16-39(17-14-22)20-25(36)9-6-10-26-12-11-23-8-7-15-40(31(23)38-26)33(43)44-34(3,4)5/h11-12,18-19,21-22,25,29H,6-10,13-17,20H2,1-5H3,(H,41,42)/t25?,29-/m0/s1. The normalized spacial score (nSPS) is 17.8. The molecule has 242 valence electrons. The Balaban J connectivity index is 1.29. The summed E-state index contributed by atoms with van der Waals surface area (Å²) >= 11 is 6.27. The van der Waals surface area contributed by atoms with Gasteiger partial charge in [0.25, 0.3) is 0 Å². The number of amides is 1. The zero-order chi connectivity index (χ0) is 32.2. The number of fused-ring (bicyclic) bond motifs is 1. The van der Waals surface area contributed by atoms with Gasteiger partial charge in [-0.3, -0.25) is 9.69 Å². The molecule has 0 spiro atoms. The topological polar surface area (TPSA) is 83.0 Å². The summed E-state index contributed by atoms with van der Waals surface area (Å²) in [6.45, 7) is 11.4. The van der Waals surface area contributed by atoms with Crippen LogP contribution in [0.4, 0.5) is 19.4 Å². The Hall–Kier alpha value is -2.78. The van der Waals surface area contributed by atoms with Crippen molar-refractivity contribution >= 4 is 29.5 Å². The van der Waals surface area contributed by atoms with Crippen molar-refractivity contribution in [1.29, 1.82) is 0 Å². The van der Waals surface area contributed by atoms with Gasteiger partial charge in [-0.1, -0.05) is 37.6 Å². The molecule has 0 saturated carbocycles. The number of alkyl halides is 1. The maximum Gasteiger partial charge on any atom is 0.416 e. The Bertz CT molecular complexity index is 1320. The lowest BCUT2D eigenvalue weighted by Gasteiger charge is -2.35. The highest BCUT2D eigenvalue weighted by atomic mass is 35.5. The number of hydrogen-bond acceptors (Lipinski definition) is 5. The van der Waals surface area contributed by atoms with Gasteiger partial charge in [0.15, 0.2) is 0 Å². The molecule has 1 aromatic heterocycles. The van der Waals surface area contributed by atoms with Gasteiger partial charge in [0.1, 0.15) is 23.4 Å². The van der Waals surface area contributed by atoms with Gasteiger partial charge < -0.3 is 14.7 Å². The van der Waals surface area contributed by atoms with Gasteiger partial charge >= 0.3 is 12.1 Å². The minimum absolute atomic E-state index is 0.0354. The van der Waals surface area contributed by atoms with Crippen LogP contribution in [0.15, 0.2) is 24.3 Å². The van der Waals surface area contributed by atoms with Crippen LogP contribution in [0.2, 0.25) is 5.02 Å². The third-order valence-electron chi connectivity index (χ3n) is 8.57. The van der Waals surface area contributed by atoms with Gasteiger partial charge in [-0.15, -0.1) is 0 Å². The molecular weight excluding hydrogens is 588 g/mol. The molecule has 1 fully saturated rings. The third kappa shape index (κ3) is 8.68. The highest BCUT2D eigenvalue weighted by Gasteiger charge is 2.35. The molecule has 3 heterocycles. The van der Waals surface area contributed by atoms with E-state index in [1.807, 2.05) is 51.7 Å². The molecule has 1 amide bonds. The maximum absolute atomic E-state index is 15.1. The van der Waals surface area contributed by atoms with Crippen molar-refractivity contribution in [3.63, 3.8) is 0 Å². The summed E-state index contributed by atoms with van der Waals surface area (Å²) in [6.07, 6.45) is 3.02. The van der Waals surface area contributed by atoms with Gasteiger partial charge in [-0.2, -0.15) is 0 Å². The first-order valence-corrected chi connectivity index (χ1v) is 16.2. The first-order valence-electron chi connectivity index (χ1n) is 15.8. The molecule has 2 atom stereocenters. The van der Waals surface area contributed by atoms with Gasteiger partial charge in [-0.25, -0.2) is 18.6 Å². The van der Waals surface area contributed by atoms with Crippen LogP contribution in [0.1, 0.15) is 101 Å². The number of aryl methyl sites for hydroxylation is 2. The fraction of sp³-hybridized carbons (Fsp3) is 0.618. The second kappa shape index (κ2) is 14.5. The van der Waals surface area contributed by atoms with E-state index in [1.54, 1.807) is 11.0 Å². The van der Waals surface area contributed by atoms with Crippen LogP contribution in [0.25, 0.3) is 0 Å². The smallest absolute Gasteiger partial charge is 0.416 e. The molecule has 1 unspecified atom stereocenters. The van der Waals surface area contributed by atoms with E-state index in [4.69, 9.17) is 21.3 Å². The highest BCUT2D eigenvalue weighted by molar-refractivity contribution is 6.31. The number of rotatable bonds is 10. The number of anilines is 1. The molecular formula is C34H46ClF2N3O4. The number of aliphatic carboxylic acids is 1. The number of piperidine rings is 1. The Labute approximate surface area is 264 Å². The van der Waals surface area contributed by atoms with Crippen molar-refractivity contribution in [2.45, 2.75) is 103 Å². The molecule has 0 aliphatic carbocycles. The van der Waals surface area contributed by atoms with Crippen LogP contribution in [0, 0.1) is 11.7 Å². The molecule has 44 heavy (non-hydrogen) atoms. The predicted octanol–water partition coefficient (Wildman–Crippen LogP) is 7.93. The summed E-state index contributed by atoms with van der Waals surface area (Å²) in [4.78, 5) is 33.5. The van der Waals surface area contributed by atoms with E-state index >= 15 is 4.39 Å². The van der Waals surface area contributed by atoms with Crippen molar-refractivity contribution in [3.05, 3.63) is 57.5 Å². The van der Waals surface area contributed by atoms with Crippen molar-refractivity contribution in [3.8, 4) is 0 Å². The number of benzene rings is 1. The van der Waals surface area contributed by atoms with Crippen LogP contribution < -0.4 is 4.90 Å². The molecule has 10 heteroatoms. The summed E-state index contributed by atoms with van der Waals surface area (Å²) in [5, 5.41) is 9.97. The third-order valence-corrected chi connectivity index (χ3v) is 8.97. The van der Waals surface area contributed by atoms with Crippen molar-refractivity contribution in [2.75, 3.05) is 31.1 Å². The first kappa shape index (κ1) is 34.1. The number of ether oxygens (including phenoxy) is 1. The lowest BCUT2D eigenvalue weighted by molar-refractivity contribution is -0.140. The van der Waals surface area contributed by atoms with Crippen LogP contribution in [0.5, 0.6) is 0 Å². The quantitative estimate of drug-likeness (QED) is 0.286.